The van der Waals surface area contributed by atoms with Crippen LogP contribution in [0.2, 0.25) is 0 Å². The van der Waals surface area contributed by atoms with Crippen molar-refractivity contribution in [2.24, 2.45) is 0 Å². The first-order valence-corrected chi connectivity index (χ1v) is 8.07. The molecule has 5 heteroatoms. The van der Waals surface area contributed by atoms with Crippen molar-refractivity contribution < 1.29 is 4.79 Å². The van der Waals surface area contributed by atoms with E-state index in [0.717, 1.165) is 43.1 Å². The number of aromatic nitrogens is 2. The highest BCUT2D eigenvalue weighted by atomic mass is 16.2. The Bertz CT molecular complexity index is 675. The highest BCUT2D eigenvalue weighted by Gasteiger charge is 2.29. The fraction of sp³-hybridized carbons (Fsp3) is 0.444. The van der Waals surface area contributed by atoms with E-state index in [0.29, 0.717) is 5.92 Å². The van der Waals surface area contributed by atoms with Gasteiger partial charge in [-0.05, 0) is 45.1 Å². The van der Waals surface area contributed by atoms with Gasteiger partial charge in [0.1, 0.15) is 5.82 Å². The van der Waals surface area contributed by atoms with Crippen molar-refractivity contribution in [3.8, 4) is 0 Å². The molecule has 2 aromatic rings. The van der Waals surface area contributed by atoms with Gasteiger partial charge in [0, 0.05) is 43.0 Å². The Morgan fingerprint density at radius 1 is 1.35 bits per heavy atom. The number of carbonyl (C=O) groups is 1. The molecule has 23 heavy (non-hydrogen) atoms. The Morgan fingerprint density at radius 2 is 2.09 bits per heavy atom. The Kier molecular flexibility index (Phi) is 4.48. The van der Waals surface area contributed by atoms with Gasteiger partial charge in [0.2, 0.25) is 0 Å². The Balaban J connectivity index is 1.64. The zero-order valence-corrected chi connectivity index (χ0v) is 14.0. The number of aromatic amines is 1. The summed E-state index contributed by atoms with van der Waals surface area (Å²) >= 11 is 0. The van der Waals surface area contributed by atoms with E-state index in [-0.39, 0.29) is 5.91 Å². The maximum atomic E-state index is 12.6. The second kappa shape index (κ2) is 6.54. The van der Waals surface area contributed by atoms with Crippen LogP contribution in [-0.4, -0.2) is 52.9 Å². The predicted molar refractivity (Wildman–Crippen MR) is 90.4 cm³/mol. The molecule has 5 nitrogen and oxygen atoms in total. The molecule has 122 valence electrons. The lowest BCUT2D eigenvalue weighted by molar-refractivity contribution is 0.0790. The third-order valence-electron chi connectivity index (χ3n) is 4.28. The average molecular weight is 312 g/mol. The highest BCUT2D eigenvalue weighted by Crippen LogP contribution is 2.26. The zero-order valence-electron chi connectivity index (χ0n) is 14.0. The van der Waals surface area contributed by atoms with Gasteiger partial charge in [0.15, 0.2) is 0 Å². The molecule has 2 heterocycles. The summed E-state index contributed by atoms with van der Waals surface area (Å²) in [4.78, 5) is 24.4. The molecule has 1 aliphatic heterocycles. The van der Waals surface area contributed by atoms with Gasteiger partial charge < -0.3 is 14.8 Å². The third kappa shape index (κ3) is 3.62. The minimum atomic E-state index is 0.118. The summed E-state index contributed by atoms with van der Waals surface area (Å²) in [6.07, 6.45) is 2.82. The number of nitrogens with one attached hydrogen (secondary N) is 1. The monoisotopic (exact) mass is 312 g/mol. The van der Waals surface area contributed by atoms with E-state index >= 15 is 0 Å². The smallest absolute Gasteiger partial charge is 0.253 e. The van der Waals surface area contributed by atoms with E-state index in [1.165, 1.54) is 5.56 Å². The lowest BCUT2D eigenvalue weighted by Gasteiger charge is -2.17. The molecule has 1 aromatic carbocycles. The van der Waals surface area contributed by atoms with Crippen LogP contribution in [0.5, 0.6) is 0 Å². The topological polar surface area (TPSA) is 52.2 Å². The molecule has 0 radical (unpaired) electrons. The fourth-order valence-corrected chi connectivity index (χ4v) is 3.11. The number of carbonyl (C=O) groups excluding carboxylic acids is 1. The minimum absolute atomic E-state index is 0.118. The van der Waals surface area contributed by atoms with Crippen molar-refractivity contribution in [1.82, 2.24) is 19.8 Å². The van der Waals surface area contributed by atoms with Crippen LogP contribution in [0.25, 0.3) is 0 Å². The molecule has 1 aliphatic rings. The second-order valence-electron chi connectivity index (χ2n) is 6.62. The number of imidazole rings is 1. The first-order valence-electron chi connectivity index (χ1n) is 8.07. The number of rotatable bonds is 4. The van der Waals surface area contributed by atoms with Crippen molar-refractivity contribution in [3.63, 3.8) is 0 Å². The molecule has 0 bridgehead atoms. The maximum absolute atomic E-state index is 12.6. The van der Waals surface area contributed by atoms with E-state index in [2.05, 4.69) is 14.9 Å². The number of amides is 1. The first-order chi connectivity index (χ1) is 11.0. The fourth-order valence-electron chi connectivity index (χ4n) is 3.11. The molecule has 1 N–H and O–H groups in total. The number of benzene rings is 1. The van der Waals surface area contributed by atoms with Crippen LogP contribution in [0.15, 0.2) is 30.5 Å². The number of hydrogen-bond acceptors (Lipinski definition) is 3. The number of H-pyrrole nitrogens is 1. The quantitative estimate of drug-likeness (QED) is 0.943. The molecule has 0 aliphatic carbocycles. The van der Waals surface area contributed by atoms with E-state index in [1.54, 1.807) is 0 Å². The molecule has 1 aromatic heterocycles. The van der Waals surface area contributed by atoms with Gasteiger partial charge in [0.25, 0.3) is 5.91 Å². The molecule has 1 atom stereocenters. The van der Waals surface area contributed by atoms with Crippen LogP contribution in [0.1, 0.15) is 39.8 Å². The average Bonchev–Trinajstić information content (AvgIpc) is 3.15. The second-order valence-corrected chi connectivity index (χ2v) is 6.62. The summed E-state index contributed by atoms with van der Waals surface area (Å²) in [6.45, 7) is 4.43. The van der Waals surface area contributed by atoms with E-state index < -0.39 is 0 Å². The summed E-state index contributed by atoms with van der Waals surface area (Å²) in [5.41, 5.74) is 3.06. The molecule has 0 saturated carbocycles. The standard InChI is InChI=1S/C18H24N4O/c1-13-10-19-17(20-13)16-8-9-22(12-16)18(23)15-6-4-14(5-7-15)11-21(2)3/h4-7,10,16H,8-9,11-12H2,1-3H3,(H,19,20). The van der Waals surface area contributed by atoms with Gasteiger partial charge in [-0.2, -0.15) is 0 Å². The normalized spacial score (nSPS) is 17.9. The zero-order chi connectivity index (χ0) is 16.4. The van der Waals surface area contributed by atoms with Crippen LogP contribution in [0, 0.1) is 6.92 Å². The van der Waals surface area contributed by atoms with Crippen LogP contribution in [0.3, 0.4) is 0 Å². The van der Waals surface area contributed by atoms with Crippen molar-refractivity contribution in [2.45, 2.75) is 25.8 Å². The van der Waals surface area contributed by atoms with Crippen molar-refractivity contribution in [3.05, 3.63) is 53.1 Å². The van der Waals surface area contributed by atoms with Crippen LogP contribution >= 0.6 is 0 Å². The van der Waals surface area contributed by atoms with Crippen molar-refractivity contribution in [1.29, 1.82) is 0 Å². The number of likely N-dealkylation sites (tertiary alicyclic amines) is 1. The number of nitrogens with zero attached hydrogens (tertiary/aromatic N) is 3. The maximum Gasteiger partial charge on any atom is 0.253 e. The summed E-state index contributed by atoms with van der Waals surface area (Å²) < 4.78 is 0. The third-order valence-corrected chi connectivity index (χ3v) is 4.28. The van der Waals surface area contributed by atoms with Crippen LogP contribution in [-0.2, 0) is 6.54 Å². The molecular formula is C18H24N4O. The van der Waals surface area contributed by atoms with Crippen molar-refractivity contribution in [2.75, 3.05) is 27.2 Å². The summed E-state index contributed by atoms with van der Waals surface area (Å²) in [5, 5.41) is 0. The molecule has 3 rings (SSSR count). The SMILES string of the molecule is Cc1cnc(C2CCN(C(=O)c3ccc(CN(C)C)cc3)C2)[nH]1. The lowest BCUT2D eigenvalue weighted by Crippen LogP contribution is -2.28. The Morgan fingerprint density at radius 3 is 2.70 bits per heavy atom. The van der Waals surface area contributed by atoms with Gasteiger partial charge in [-0.15, -0.1) is 0 Å². The molecule has 1 amide bonds. The molecule has 1 saturated heterocycles. The predicted octanol–water partition coefficient (Wildman–Crippen LogP) is 2.41. The largest absolute Gasteiger partial charge is 0.346 e. The molecule has 0 spiro atoms. The number of aryl methyl sites for hydroxylation is 1. The van der Waals surface area contributed by atoms with E-state index in [9.17, 15) is 4.79 Å². The van der Waals surface area contributed by atoms with Gasteiger partial charge >= 0.3 is 0 Å². The van der Waals surface area contributed by atoms with Gasteiger partial charge in [-0.25, -0.2) is 4.98 Å². The Hall–Kier alpha value is -2.14. The van der Waals surface area contributed by atoms with Gasteiger partial charge in [-0.3, -0.25) is 4.79 Å². The van der Waals surface area contributed by atoms with Gasteiger partial charge in [-0.1, -0.05) is 12.1 Å². The summed E-state index contributed by atoms with van der Waals surface area (Å²) in [7, 11) is 4.08. The molecule has 1 fully saturated rings. The molecular weight excluding hydrogens is 288 g/mol. The number of hydrogen-bond donors (Lipinski definition) is 1. The first kappa shape index (κ1) is 15.7. The highest BCUT2D eigenvalue weighted by molar-refractivity contribution is 5.94. The van der Waals surface area contributed by atoms with Crippen LogP contribution in [0.4, 0.5) is 0 Å². The minimum Gasteiger partial charge on any atom is -0.346 e. The summed E-state index contributed by atoms with van der Waals surface area (Å²) in [5.74, 6) is 1.44. The lowest BCUT2D eigenvalue weighted by atomic mass is 10.1. The summed E-state index contributed by atoms with van der Waals surface area (Å²) in [6, 6.07) is 7.95. The van der Waals surface area contributed by atoms with Gasteiger partial charge in [0.05, 0.1) is 0 Å². The van der Waals surface area contributed by atoms with E-state index in [1.807, 2.05) is 56.4 Å². The van der Waals surface area contributed by atoms with Crippen molar-refractivity contribution >= 4 is 5.91 Å². The van der Waals surface area contributed by atoms with E-state index in [4.69, 9.17) is 0 Å². The molecule has 1 unspecified atom stereocenters. The Labute approximate surface area is 137 Å². The van der Waals surface area contributed by atoms with Crippen LogP contribution < -0.4 is 0 Å².